The first-order valence-corrected chi connectivity index (χ1v) is 10.6. The summed E-state index contributed by atoms with van der Waals surface area (Å²) in [6, 6.07) is 5.60. The summed E-state index contributed by atoms with van der Waals surface area (Å²) in [5, 5.41) is 4.35. The van der Waals surface area contributed by atoms with Gasteiger partial charge < -0.3 is 10.1 Å². The van der Waals surface area contributed by atoms with Crippen molar-refractivity contribution >= 4 is 40.0 Å². The summed E-state index contributed by atoms with van der Waals surface area (Å²) in [6.45, 7) is 0. The number of hydrogen-bond donors (Lipinski definition) is 1. The Morgan fingerprint density at radius 2 is 2.04 bits per heavy atom. The molecule has 0 unspecified atom stereocenters. The second-order valence-corrected chi connectivity index (χ2v) is 8.22. The number of ether oxygens (including phenoxy) is 1. The van der Waals surface area contributed by atoms with Gasteiger partial charge in [-0.2, -0.15) is 0 Å². The third kappa shape index (κ3) is 4.65. The SMILES string of the molecule is COC(=O)c1c(NC(=O)CSc2ccccn2)sc2c1CCCCCC2. The third-order valence-corrected chi connectivity index (χ3v) is 6.45. The second-order valence-electron chi connectivity index (χ2n) is 6.12. The van der Waals surface area contributed by atoms with Crippen molar-refractivity contribution in [1.29, 1.82) is 0 Å². The summed E-state index contributed by atoms with van der Waals surface area (Å²) in [5.74, 6) is -0.254. The van der Waals surface area contributed by atoms with Gasteiger partial charge in [0.05, 0.1) is 23.5 Å². The number of carbonyl (C=O) groups excluding carboxylic acids is 2. The van der Waals surface area contributed by atoms with E-state index in [-0.39, 0.29) is 17.6 Å². The predicted octanol–water partition coefficient (Wildman–Crippen LogP) is 4.32. The lowest BCUT2D eigenvalue weighted by Crippen LogP contribution is -2.16. The van der Waals surface area contributed by atoms with E-state index in [1.165, 1.54) is 47.9 Å². The number of esters is 1. The monoisotopic (exact) mass is 390 g/mol. The van der Waals surface area contributed by atoms with Crippen molar-refractivity contribution in [2.45, 2.75) is 43.6 Å². The minimum atomic E-state index is -0.365. The summed E-state index contributed by atoms with van der Waals surface area (Å²) in [6.07, 6.45) is 8.12. The number of pyridine rings is 1. The molecule has 0 radical (unpaired) electrons. The molecular formula is C19H22N2O3S2. The maximum Gasteiger partial charge on any atom is 0.341 e. The number of fused-ring (bicyclic) bond motifs is 1. The van der Waals surface area contributed by atoms with Crippen LogP contribution in [0.15, 0.2) is 29.4 Å². The van der Waals surface area contributed by atoms with Gasteiger partial charge in [0, 0.05) is 11.1 Å². The van der Waals surface area contributed by atoms with Gasteiger partial charge in [0.1, 0.15) is 5.00 Å². The van der Waals surface area contributed by atoms with Crippen molar-refractivity contribution in [3.05, 3.63) is 40.4 Å². The van der Waals surface area contributed by atoms with Crippen LogP contribution in [0.3, 0.4) is 0 Å². The molecular weight excluding hydrogens is 368 g/mol. The molecule has 1 aliphatic carbocycles. The van der Waals surface area contributed by atoms with Crippen LogP contribution in [0.2, 0.25) is 0 Å². The quantitative estimate of drug-likeness (QED) is 0.608. The van der Waals surface area contributed by atoms with Crippen LogP contribution in [0, 0.1) is 0 Å². The Hall–Kier alpha value is -1.86. The van der Waals surface area contributed by atoms with E-state index >= 15 is 0 Å². The molecule has 0 aromatic carbocycles. The molecule has 26 heavy (non-hydrogen) atoms. The van der Waals surface area contributed by atoms with E-state index < -0.39 is 0 Å². The molecule has 0 spiro atoms. The molecule has 3 rings (SSSR count). The molecule has 0 fully saturated rings. The first-order chi connectivity index (χ1) is 12.7. The second kappa shape index (κ2) is 9.19. The number of hydrogen-bond acceptors (Lipinski definition) is 6. The van der Waals surface area contributed by atoms with Gasteiger partial charge in [-0.1, -0.05) is 30.7 Å². The normalized spacial score (nSPS) is 14.0. The lowest BCUT2D eigenvalue weighted by Gasteiger charge is -2.11. The Morgan fingerprint density at radius 1 is 1.23 bits per heavy atom. The number of aryl methyl sites for hydroxylation is 1. The molecule has 2 heterocycles. The van der Waals surface area contributed by atoms with E-state index in [2.05, 4.69) is 10.3 Å². The standard InChI is InChI=1S/C19H22N2O3S2/c1-24-19(23)17-13-8-4-2-3-5-9-14(13)26-18(17)21-15(22)12-25-16-10-6-7-11-20-16/h6-7,10-11H,2-5,8-9,12H2,1H3,(H,21,22). The smallest absolute Gasteiger partial charge is 0.341 e. The number of methoxy groups -OCH3 is 1. The van der Waals surface area contributed by atoms with Crippen molar-refractivity contribution in [3.8, 4) is 0 Å². The number of thioether (sulfide) groups is 1. The van der Waals surface area contributed by atoms with Crippen LogP contribution in [0.5, 0.6) is 0 Å². The molecule has 5 nitrogen and oxygen atoms in total. The van der Waals surface area contributed by atoms with E-state index in [1.807, 2.05) is 18.2 Å². The summed E-state index contributed by atoms with van der Waals surface area (Å²) in [4.78, 5) is 30.1. The zero-order chi connectivity index (χ0) is 18.4. The minimum Gasteiger partial charge on any atom is -0.465 e. The van der Waals surface area contributed by atoms with Gasteiger partial charge >= 0.3 is 5.97 Å². The van der Waals surface area contributed by atoms with Gasteiger partial charge in [0.15, 0.2) is 0 Å². The van der Waals surface area contributed by atoms with Crippen molar-refractivity contribution < 1.29 is 14.3 Å². The Balaban J connectivity index is 1.76. The first kappa shape index (κ1) is 18.9. The average molecular weight is 391 g/mol. The predicted molar refractivity (Wildman–Crippen MR) is 105 cm³/mol. The average Bonchev–Trinajstić information content (AvgIpc) is 2.96. The maximum atomic E-state index is 12.4. The van der Waals surface area contributed by atoms with E-state index in [9.17, 15) is 9.59 Å². The Bertz CT molecular complexity index is 775. The fraction of sp³-hybridized carbons (Fsp3) is 0.421. The highest BCUT2D eigenvalue weighted by Crippen LogP contribution is 2.37. The zero-order valence-corrected chi connectivity index (χ0v) is 16.4. The fourth-order valence-electron chi connectivity index (χ4n) is 3.06. The highest BCUT2D eigenvalue weighted by Gasteiger charge is 2.25. The molecule has 1 aliphatic rings. The molecule has 138 valence electrons. The molecule has 0 aliphatic heterocycles. The molecule has 2 aromatic heterocycles. The van der Waals surface area contributed by atoms with Gasteiger partial charge in [-0.3, -0.25) is 4.79 Å². The summed E-state index contributed by atoms with van der Waals surface area (Å²) in [5.41, 5.74) is 1.61. The Labute approximate surface area is 161 Å². The largest absolute Gasteiger partial charge is 0.465 e. The number of nitrogens with one attached hydrogen (secondary N) is 1. The number of rotatable bonds is 5. The molecule has 1 N–H and O–H groups in total. The highest BCUT2D eigenvalue weighted by atomic mass is 32.2. The van der Waals surface area contributed by atoms with E-state index in [1.54, 1.807) is 6.20 Å². The number of carbonyl (C=O) groups is 2. The number of thiophene rings is 1. The number of aromatic nitrogens is 1. The van der Waals surface area contributed by atoms with Crippen LogP contribution < -0.4 is 5.32 Å². The summed E-state index contributed by atoms with van der Waals surface area (Å²) < 4.78 is 4.99. The zero-order valence-electron chi connectivity index (χ0n) is 14.7. The van der Waals surface area contributed by atoms with Crippen LogP contribution >= 0.6 is 23.1 Å². The van der Waals surface area contributed by atoms with Crippen molar-refractivity contribution in [1.82, 2.24) is 4.98 Å². The Kier molecular flexibility index (Phi) is 6.68. The minimum absolute atomic E-state index is 0.139. The topological polar surface area (TPSA) is 68.3 Å². The van der Waals surface area contributed by atoms with Gasteiger partial charge in [-0.15, -0.1) is 11.3 Å². The summed E-state index contributed by atoms with van der Waals surface area (Å²) in [7, 11) is 1.39. The lowest BCUT2D eigenvalue weighted by atomic mass is 9.96. The van der Waals surface area contributed by atoms with Crippen molar-refractivity contribution in [2.24, 2.45) is 0 Å². The molecule has 2 aromatic rings. The van der Waals surface area contributed by atoms with Crippen molar-refractivity contribution in [3.63, 3.8) is 0 Å². The number of amides is 1. The van der Waals surface area contributed by atoms with Crippen LogP contribution in [0.25, 0.3) is 0 Å². The number of anilines is 1. The van der Waals surface area contributed by atoms with Gasteiger partial charge in [-0.05, 0) is 43.4 Å². The molecule has 0 bridgehead atoms. The molecule has 1 amide bonds. The lowest BCUT2D eigenvalue weighted by molar-refractivity contribution is -0.113. The number of nitrogens with zero attached hydrogens (tertiary/aromatic N) is 1. The fourth-order valence-corrected chi connectivity index (χ4v) is 5.02. The van der Waals surface area contributed by atoms with Crippen LogP contribution in [0.4, 0.5) is 5.00 Å². The maximum absolute atomic E-state index is 12.4. The molecule has 0 saturated heterocycles. The Morgan fingerprint density at radius 3 is 2.77 bits per heavy atom. The van der Waals surface area contributed by atoms with Crippen LogP contribution in [-0.4, -0.2) is 29.7 Å². The third-order valence-electron chi connectivity index (χ3n) is 4.30. The van der Waals surface area contributed by atoms with E-state index in [0.717, 1.165) is 36.3 Å². The van der Waals surface area contributed by atoms with Crippen molar-refractivity contribution in [2.75, 3.05) is 18.2 Å². The molecule has 0 saturated carbocycles. The first-order valence-electron chi connectivity index (χ1n) is 8.75. The van der Waals surface area contributed by atoms with Gasteiger partial charge in [0.2, 0.25) is 5.91 Å². The molecule has 0 atom stereocenters. The summed E-state index contributed by atoms with van der Waals surface area (Å²) >= 11 is 2.90. The van der Waals surface area contributed by atoms with Gasteiger partial charge in [0.25, 0.3) is 0 Å². The van der Waals surface area contributed by atoms with Crippen LogP contribution in [-0.2, 0) is 22.4 Å². The van der Waals surface area contributed by atoms with E-state index in [0.29, 0.717) is 10.6 Å². The molecule has 7 heteroatoms. The van der Waals surface area contributed by atoms with Gasteiger partial charge in [-0.25, -0.2) is 9.78 Å². The van der Waals surface area contributed by atoms with E-state index in [4.69, 9.17) is 4.74 Å². The van der Waals surface area contributed by atoms with Crippen LogP contribution in [0.1, 0.15) is 46.5 Å². The highest BCUT2D eigenvalue weighted by molar-refractivity contribution is 7.99.